The van der Waals surface area contributed by atoms with Gasteiger partial charge >= 0.3 is 0 Å². The van der Waals surface area contributed by atoms with E-state index in [-0.39, 0.29) is 5.91 Å². The molecule has 3 rings (SSSR count). The van der Waals surface area contributed by atoms with Crippen LogP contribution in [0.2, 0.25) is 0 Å². The SMILES string of the molecule is COc1ccc(CNC(=O)c2ccccc2Sc2ccccc2C#N)cn1. The fraction of sp³-hybridized carbons (Fsp3) is 0.0952. The molecule has 3 aromatic rings. The van der Waals surface area contributed by atoms with Gasteiger partial charge in [-0.2, -0.15) is 5.26 Å². The van der Waals surface area contributed by atoms with Crippen LogP contribution < -0.4 is 10.1 Å². The van der Waals surface area contributed by atoms with Crippen LogP contribution in [0.1, 0.15) is 21.5 Å². The van der Waals surface area contributed by atoms with E-state index in [2.05, 4.69) is 16.4 Å². The van der Waals surface area contributed by atoms with Crippen LogP contribution in [0.4, 0.5) is 0 Å². The molecule has 1 N–H and O–H groups in total. The van der Waals surface area contributed by atoms with Gasteiger partial charge in [0.25, 0.3) is 5.91 Å². The van der Waals surface area contributed by atoms with E-state index in [9.17, 15) is 10.1 Å². The lowest BCUT2D eigenvalue weighted by molar-refractivity contribution is 0.0948. The molecule has 0 radical (unpaired) electrons. The van der Waals surface area contributed by atoms with Crippen LogP contribution in [0.5, 0.6) is 5.88 Å². The predicted molar refractivity (Wildman–Crippen MR) is 104 cm³/mol. The van der Waals surface area contributed by atoms with Crippen LogP contribution >= 0.6 is 11.8 Å². The van der Waals surface area contributed by atoms with Crippen molar-refractivity contribution in [2.75, 3.05) is 7.11 Å². The molecule has 0 bridgehead atoms. The summed E-state index contributed by atoms with van der Waals surface area (Å²) in [4.78, 5) is 18.4. The third-order valence-corrected chi connectivity index (χ3v) is 4.97. The highest BCUT2D eigenvalue weighted by Gasteiger charge is 2.13. The predicted octanol–water partition coefficient (Wildman–Crippen LogP) is 4.04. The molecule has 0 aliphatic heterocycles. The summed E-state index contributed by atoms with van der Waals surface area (Å²) in [6.45, 7) is 0.365. The third kappa shape index (κ3) is 4.66. The number of nitrogens with one attached hydrogen (secondary N) is 1. The normalized spacial score (nSPS) is 10.1. The van der Waals surface area contributed by atoms with E-state index in [1.165, 1.54) is 11.8 Å². The number of benzene rings is 2. The molecule has 0 unspecified atom stereocenters. The zero-order valence-electron chi connectivity index (χ0n) is 14.7. The second-order valence-corrected chi connectivity index (χ2v) is 6.68. The van der Waals surface area contributed by atoms with E-state index in [1.807, 2.05) is 42.5 Å². The Hall–Kier alpha value is -3.30. The number of hydrogen-bond acceptors (Lipinski definition) is 5. The Balaban J connectivity index is 1.74. The smallest absolute Gasteiger partial charge is 0.252 e. The quantitative estimate of drug-likeness (QED) is 0.704. The van der Waals surface area contributed by atoms with Crippen LogP contribution in [0.3, 0.4) is 0 Å². The average molecular weight is 375 g/mol. The van der Waals surface area contributed by atoms with Crippen LogP contribution in [0, 0.1) is 11.3 Å². The summed E-state index contributed by atoms with van der Waals surface area (Å²) in [6.07, 6.45) is 1.67. The number of methoxy groups -OCH3 is 1. The number of hydrogen-bond donors (Lipinski definition) is 1. The molecular formula is C21H17N3O2S. The van der Waals surface area contributed by atoms with Gasteiger partial charge in [0.2, 0.25) is 5.88 Å². The molecule has 0 fully saturated rings. The summed E-state index contributed by atoms with van der Waals surface area (Å²) in [5.41, 5.74) is 2.03. The second kappa shape index (κ2) is 8.88. The van der Waals surface area contributed by atoms with Crippen LogP contribution in [0.25, 0.3) is 0 Å². The molecule has 0 atom stereocenters. The van der Waals surface area contributed by atoms with Gasteiger partial charge in [0.15, 0.2) is 0 Å². The molecule has 0 aliphatic rings. The molecule has 27 heavy (non-hydrogen) atoms. The van der Waals surface area contributed by atoms with Gasteiger partial charge in [-0.15, -0.1) is 0 Å². The molecule has 0 aliphatic carbocycles. The van der Waals surface area contributed by atoms with Crippen LogP contribution in [-0.4, -0.2) is 18.0 Å². The molecule has 0 saturated carbocycles. The van der Waals surface area contributed by atoms with E-state index in [4.69, 9.17) is 4.74 Å². The van der Waals surface area contributed by atoms with Crippen molar-refractivity contribution in [3.05, 3.63) is 83.6 Å². The molecule has 0 saturated heterocycles. The van der Waals surface area contributed by atoms with Crippen LogP contribution in [-0.2, 0) is 6.54 Å². The Bertz CT molecular complexity index is 981. The molecule has 1 heterocycles. The first-order chi connectivity index (χ1) is 13.2. The summed E-state index contributed by atoms with van der Waals surface area (Å²) < 4.78 is 5.03. The second-order valence-electron chi connectivity index (χ2n) is 5.60. The van der Waals surface area contributed by atoms with Crippen molar-refractivity contribution in [1.82, 2.24) is 10.3 Å². The molecule has 1 aromatic heterocycles. The number of aromatic nitrogens is 1. The van der Waals surface area contributed by atoms with E-state index < -0.39 is 0 Å². The number of pyridine rings is 1. The van der Waals surface area contributed by atoms with Gasteiger partial charge in [0.05, 0.1) is 18.2 Å². The summed E-state index contributed by atoms with van der Waals surface area (Å²) in [7, 11) is 1.56. The van der Waals surface area contributed by atoms with Gasteiger partial charge in [-0.3, -0.25) is 4.79 Å². The van der Waals surface area contributed by atoms with Crippen molar-refractivity contribution < 1.29 is 9.53 Å². The first kappa shape index (κ1) is 18.5. The van der Waals surface area contributed by atoms with Crippen LogP contribution in [0.15, 0.2) is 76.7 Å². The summed E-state index contributed by atoms with van der Waals surface area (Å²) in [5.74, 6) is 0.353. The van der Waals surface area contributed by atoms with Crippen molar-refractivity contribution in [3.8, 4) is 11.9 Å². The highest BCUT2D eigenvalue weighted by atomic mass is 32.2. The highest BCUT2D eigenvalue weighted by molar-refractivity contribution is 7.99. The zero-order valence-corrected chi connectivity index (χ0v) is 15.5. The van der Waals surface area contributed by atoms with Crippen molar-refractivity contribution >= 4 is 17.7 Å². The number of ether oxygens (including phenoxy) is 1. The van der Waals surface area contributed by atoms with E-state index in [0.29, 0.717) is 23.6 Å². The summed E-state index contributed by atoms with van der Waals surface area (Å²) in [5, 5.41) is 12.2. The van der Waals surface area contributed by atoms with Gasteiger partial charge in [-0.25, -0.2) is 4.98 Å². The largest absolute Gasteiger partial charge is 0.481 e. The van der Waals surface area contributed by atoms with Crippen molar-refractivity contribution in [2.45, 2.75) is 16.3 Å². The lowest BCUT2D eigenvalue weighted by Crippen LogP contribution is -2.23. The van der Waals surface area contributed by atoms with Crippen molar-refractivity contribution in [2.24, 2.45) is 0 Å². The number of nitrogens with zero attached hydrogens (tertiary/aromatic N) is 2. The van der Waals surface area contributed by atoms with E-state index in [0.717, 1.165) is 15.4 Å². The Kier molecular flexibility index (Phi) is 6.08. The van der Waals surface area contributed by atoms with E-state index >= 15 is 0 Å². The zero-order chi connectivity index (χ0) is 19.1. The first-order valence-electron chi connectivity index (χ1n) is 8.24. The number of nitriles is 1. The number of carbonyl (C=O) groups is 1. The minimum atomic E-state index is -0.177. The molecular weight excluding hydrogens is 358 g/mol. The van der Waals surface area contributed by atoms with Gasteiger partial charge < -0.3 is 10.1 Å². The summed E-state index contributed by atoms with van der Waals surface area (Å²) in [6, 6.07) is 20.5. The Morgan fingerprint density at radius 3 is 2.56 bits per heavy atom. The van der Waals surface area contributed by atoms with E-state index in [1.54, 1.807) is 31.5 Å². The summed E-state index contributed by atoms with van der Waals surface area (Å²) >= 11 is 1.41. The highest BCUT2D eigenvalue weighted by Crippen LogP contribution is 2.32. The maximum atomic E-state index is 12.7. The lowest BCUT2D eigenvalue weighted by atomic mass is 10.2. The molecule has 134 valence electrons. The Morgan fingerprint density at radius 1 is 1.11 bits per heavy atom. The fourth-order valence-corrected chi connectivity index (χ4v) is 3.45. The van der Waals surface area contributed by atoms with Crippen molar-refractivity contribution in [1.29, 1.82) is 5.26 Å². The molecule has 0 spiro atoms. The lowest BCUT2D eigenvalue weighted by Gasteiger charge is -2.11. The van der Waals surface area contributed by atoms with Crippen molar-refractivity contribution in [3.63, 3.8) is 0 Å². The minimum Gasteiger partial charge on any atom is -0.481 e. The third-order valence-electron chi connectivity index (χ3n) is 3.82. The molecule has 6 heteroatoms. The molecule has 1 amide bonds. The van der Waals surface area contributed by atoms with Gasteiger partial charge in [-0.1, -0.05) is 42.1 Å². The topological polar surface area (TPSA) is 75.0 Å². The number of amides is 1. The monoisotopic (exact) mass is 375 g/mol. The number of rotatable bonds is 6. The Morgan fingerprint density at radius 2 is 1.85 bits per heavy atom. The maximum Gasteiger partial charge on any atom is 0.252 e. The van der Waals surface area contributed by atoms with Gasteiger partial charge in [0, 0.05) is 28.6 Å². The van der Waals surface area contributed by atoms with Gasteiger partial charge in [0.1, 0.15) is 6.07 Å². The van der Waals surface area contributed by atoms with Gasteiger partial charge in [-0.05, 0) is 29.8 Å². The average Bonchev–Trinajstić information content (AvgIpc) is 2.73. The minimum absolute atomic E-state index is 0.177. The Labute approximate surface area is 162 Å². The first-order valence-corrected chi connectivity index (χ1v) is 9.06. The standard InChI is InChI=1S/C21H17N3O2S/c1-26-20-11-10-15(13-23-20)14-24-21(25)17-7-3-5-9-19(17)27-18-8-4-2-6-16(18)12-22/h2-11,13H,14H2,1H3,(H,24,25). The maximum absolute atomic E-state index is 12.7. The molecule has 2 aromatic carbocycles. The number of carbonyl (C=O) groups excluding carboxylic acids is 1. The molecule has 5 nitrogen and oxygen atoms in total. The fourth-order valence-electron chi connectivity index (χ4n) is 2.42.